The summed E-state index contributed by atoms with van der Waals surface area (Å²) in [5, 5.41) is 0.426. The summed E-state index contributed by atoms with van der Waals surface area (Å²) in [5.74, 6) is -0.542. The number of anilines is 2. The van der Waals surface area contributed by atoms with Crippen LogP contribution < -0.4 is 16.4 Å². The van der Waals surface area contributed by atoms with Gasteiger partial charge in [0.2, 0.25) is 0 Å². The van der Waals surface area contributed by atoms with Crippen molar-refractivity contribution in [2.24, 2.45) is 5.73 Å². The molecule has 0 saturated carbocycles. The molecule has 5 nitrogen and oxygen atoms in total. The third-order valence-electron chi connectivity index (χ3n) is 3.30. The van der Waals surface area contributed by atoms with Crippen LogP contribution in [0.15, 0.2) is 12.1 Å². The van der Waals surface area contributed by atoms with Gasteiger partial charge in [-0.25, -0.2) is 0 Å². The molecule has 0 aliphatic carbocycles. The summed E-state index contributed by atoms with van der Waals surface area (Å²) in [6.07, 6.45) is 0.905. The van der Waals surface area contributed by atoms with E-state index in [-0.39, 0.29) is 6.04 Å². The van der Waals surface area contributed by atoms with Gasteiger partial charge >= 0.3 is 0 Å². The predicted molar refractivity (Wildman–Crippen MR) is 83.4 cm³/mol. The van der Waals surface area contributed by atoms with Gasteiger partial charge in [0.25, 0.3) is 5.91 Å². The quantitative estimate of drug-likeness (QED) is 0.757. The summed E-state index contributed by atoms with van der Waals surface area (Å²) in [5.41, 5.74) is 12.6. The molecule has 1 aromatic carbocycles. The SMILES string of the molecule is CCC(C)N(CCOC)c1c(Cl)cc(N)cc1C(N)=O. The maximum atomic E-state index is 11.7. The van der Waals surface area contributed by atoms with Gasteiger partial charge in [-0.3, -0.25) is 4.79 Å². The molecule has 0 heterocycles. The van der Waals surface area contributed by atoms with E-state index in [1.165, 1.54) is 0 Å². The standard InChI is InChI=1S/C14H22ClN3O2/c1-4-9(2)18(5-6-20-3)13-11(14(17)19)7-10(16)8-12(13)15/h7-9H,4-6,16H2,1-3H3,(H2,17,19). The molecule has 1 rings (SSSR count). The number of amides is 1. The zero-order valence-corrected chi connectivity index (χ0v) is 12.9. The summed E-state index contributed by atoms with van der Waals surface area (Å²) in [6.45, 7) is 5.28. The number of benzene rings is 1. The Morgan fingerprint density at radius 1 is 1.50 bits per heavy atom. The van der Waals surface area contributed by atoms with Gasteiger partial charge in [0, 0.05) is 25.4 Å². The first-order valence-corrected chi connectivity index (χ1v) is 6.94. The van der Waals surface area contributed by atoms with Crippen molar-refractivity contribution >= 4 is 28.9 Å². The topological polar surface area (TPSA) is 81.6 Å². The van der Waals surface area contributed by atoms with Crippen LogP contribution in [0.5, 0.6) is 0 Å². The van der Waals surface area contributed by atoms with Crippen molar-refractivity contribution in [1.82, 2.24) is 0 Å². The molecule has 1 atom stereocenters. The number of carbonyl (C=O) groups is 1. The van der Waals surface area contributed by atoms with Gasteiger partial charge in [0.05, 0.1) is 22.9 Å². The zero-order chi connectivity index (χ0) is 15.3. The maximum absolute atomic E-state index is 11.7. The lowest BCUT2D eigenvalue weighted by molar-refractivity contribution is 0.100. The molecule has 0 radical (unpaired) electrons. The van der Waals surface area contributed by atoms with E-state index in [1.807, 2.05) is 4.90 Å². The number of hydrogen-bond donors (Lipinski definition) is 2. The zero-order valence-electron chi connectivity index (χ0n) is 12.1. The average Bonchev–Trinajstić information content (AvgIpc) is 2.39. The molecule has 4 N–H and O–H groups in total. The van der Waals surface area contributed by atoms with Crippen LogP contribution in [-0.2, 0) is 4.74 Å². The second-order valence-electron chi connectivity index (χ2n) is 4.71. The van der Waals surface area contributed by atoms with Crippen molar-refractivity contribution in [2.75, 3.05) is 30.9 Å². The highest BCUT2D eigenvalue weighted by atomic mass is 35.5. The van der Waals surface area contributed by atoms with Gasteiger partial charge in [0.1, 0.15) is 0 Å². The van der Waals surface area contributed by atoms with E-state index < -0.39 is 5.91 Å². The Morgan fingerprint density at radius 3 is 2.65 bits per heavy atom. The minimum Gasteiger partial charge on any atom is -0.399 e. The predicted octanol–water partition coefficient (Wildman–Crippen LogP) is 2.27. The van der Waals surface area contributed by atoms with Crippen LogP contribution in [0, 0.1) is 0 Å². The molecule has 0 spiro atoms. The van der Waals surface area contributed by atoms with Gasteiger partial charge in [0.15, 0.2) is 0 Å². The van der Waals surface area contributed by atoms with Crippen LogP contribution in [-0.4, -0.2) is 32.2 Å². The van der Waals surface area contributed by atoms with Gasteiger partial charge < -0.3 is 21.1 Å². The molecule has 0 saturated heterocycles. The molecule has 1 unspecified atom stereocenters. The highest BCUT2D eigenvalue weighted by Gasteiger charge is 2.22. The lowest BCUT2D eigenvalue weighted by atomic mass is 10.1. The Labute approximate surface area is 124 Å². The fraction of sp³-hybridized carbons (Fsp3) is 0.500. The molecule has 0 aliphatic rings. The van der Waals surface area contributed by atoms with E-state index in [0.717, 1.165) is 6.42 Å². The molecule has 1 aromatic rings. The minimum atomic E-state index is -0.542. The van der Waals surface area contributed by atoms with Gasteiger partial charge in [-0.2, -0.15) is 0 Å². The number of methoxy groups -OCH3 is 1. The molecule has 6 heteroatoms. The van der Waals surface area contributed by atoms with E-state index in [9.17, 15) is 4.79 Å². The Kier molecular flexibility index (Phi) is 6.10. The van der Waals surface area contributed by atoms with Crippen LogP contribution in [0.25, 0.3) is 0 Å². The van der Waals surface area contributed by atoms with Crippen LogP contribution >= 0.6 is 11.6 Å². The third kappa shape index (κ3) is 3.77. The molecule has 0 aliphatic heterocycles. The van der Waals surface area contributed by atoms with Gasteiger partial charge in [-0.05, 0) is 25.5 Å². The smallest absolute Gasteiger partial charge is 0.250 e. The fourth-order valence-corrected chi connectivity index (χ4v) is 2.40. The van der Waals surface area contributed by atoms with E-state index >= 15 is 0 Å². The monoisotopic (exact) mass is 299 g/mol. The average molecular weight is 300 g/mol. The number of ether oxygens (including phenoxy) is 1. The van der Waals surface area contributed by atoms with Crippen LogP contribution in [0.3, 0.4) is 0 Å². The first kappa shape index (κ1) is 16.6. The molecule has 0 fully saturated rings. The molecule has 112 valence electrons. The number of primary amides is 1. The summed E-state index contributed by atoms with van der Waals surface area (Å²) in [6, 6.07) is 3.39. The van der Waals surface area contributed by atoms with Crippen molar-refractivity contribution in [3.05, 3.63) is 22.7 Å². The number of rotatable bonds is 7. The van der Waals surface area contributed by atoms with Crippen LogP contribution in [0.4, 0.5) is 11.4 Å². The Bertz CT molecular complexity index is 480. The lowest BCUT2D eigenvalue weighted by Gasteiger charge is -2.32. The van der Waals surface area contributed by atoms with Crippen LogP contribution in [0.2, 0.25) is 5.02 Å². The molecule has 1 amide bonds. The van der Waals surface area contributed by atoms with Crippen molar-refractivity contribution < 1.29 is 9.53 Å². The second-order valence-corrected chi connectivity index (χ2v) is 5.11. The molecular formula is C14H22ClN3O2. The summed E-state index contributed by atoms with van der Waals surface area (Å²) in [4.78, 5) is 13.7. The van der Waals surface area contributed by atoms with E-state index in [1.54, 1.807) is 19.2 Å². The maximum Gasteiger partial charge on any atom is 0.250 e. The summed E-state index contributed by atoms with van der Waals surface area (Å²) < 4.78 is 5.13. The number of nitrogens with zero attached hydrogens (tertiary/aromatic N) is 1. The van der Waals surface area contributed by atoms with E-state index in [4.69, 9.17) is 27.8 Å². The molecular weight excluding hydrogens is 278 g/mol. The lowest BCUT2D eigenvalue weighted by Crippen LogP contribution is -2.37. The Hall–Kier alpha value is -1.46. The van der Waals surface area contributed by atoms with Gasteiger partial charge in [-0.15, -0.1) is 0 Å². The second kappa shape index (κ2) is 7.36. The number of nitrogen functional groups attached to an aromatic ring is 1. The Morgan fingerprint density at radius 2 is 2.15 bits per heavy atom. The number of carbonyl (C=O) groups excluding carboxylic acids is 1. The molecule has 0 bridgehead atoms. The van der Waals surface area contributed by atoms with Crippen molar-refractivity contribution in [3.63, 3.8) is 0 Å². The van der Waals surface area contributed by atoms with E-state index in [0.29, 0.717) is 35.1 Å². The van der Waals surface area contributed by atoms with Crippen molar-refractivity contribution in [2.45, 2.75) is 26.3 Å². The number of nitrogens with two attached hydrogens (primary N) is 2. The first-order valence-electron chi connectivity index (χ1n) is 6.56. The molecule has 20 heavy (non-hydrogen) atoms. The van der Waals surface area contributed by atoms with Crippen molar-refractivity contribution in [3.8, 4) is 0 Å². The highest BCUT2D eigenvalue weighted by Crippen LogP contribution is 2.34. The number of halogens is 1. The van der Waals surface area contributed by atoms with Crippen LogP contribution in [0.1, 0.15) is 30.6 Å². The third-order valence-corrected chi connectivity index (χ3v) is 3.59. The van der Waals surface area contributed by atoms with Gasteiger partial charge in [-0.1, -0.05) is 18.5 Å². The van der Waals surface area contributed by atoms with E-state index in [2.05, 4.69) is 13.8 Å². The minimum absolute atomic E-state index is 0.198. The first-order chi connectivity index (χ1) is 9.42. The largest absolute Gasteiger partial charge is 0.399 e. The Balaban J connectivity index is 3.33. The molecule has 0 aromatic heterocycles. The highest BCUT2D eigenvalue weighted by molar-refractivity contribution is 6.34. The number of hydrogen-bond acceptors (Lipinski definition) is 4. The van der Waals surface area contributed by atoms with Crippen molar-refractivity contribution in [1.29, 1.82) is 0 Å². The normalized spacial score (nSPS) is 12.2. The summed E-state index contributed by atoms with van der Waals surface area (Å²) in [7, 11) is 1.63. The summed E-state index contributed by atoms with van der Waals surface area (Å²) >= 11 is 6.28. The fourth-order valence-electron chi connectivity index (χ4n) is 2.06.